The molecule has 0 bridgehead atoms. The molecule has 3 aromatic rings. The van der Waals surface area contributed by atoms with Gasteiger partial charge in [0.1, 0.15) is 5.75 Å². The van der Waals surface area contributed by atoms with E-state index < -0.39 is 0 Å². The SMILES string of the molecule is CCn1c(SCC(=O)Nc2ccc(OC)cc2)nnc1C1CCCN1C(=O)c1ccccc1C. The standard InChI is InChI=1S/C25H29N5O3S/c1-4-29-23(21-10-7-15-30(21)24(32)20-9-6-5-8-17(20)2)27-28-25(29)34-16-22(31)26-18-11-13-19(33-3)14-12-18/h5-6,8-9,11-14,21H,4,7,10,15-16H2,1-3H3,(H,26,31). The van der Waals surface area contributed by atoms with Gasteiger partial charge in [0.25, 0.3) is 5.91 Å². The van der Waals surface area contributed by atoms with Crippen molar-refractivity contribution in [1.29, 1.82) is 0 Å². The lowest BCUT2D eigenvalue weighted by Crippen LogP contribution is -2.32. The Morgan fingerprint density at radius 3 is 2.62 bits per heavy atom. The highest BCUT2D eigenvalue weighted by Crippen LogP contribution is 2.34. The van der Waals surface area contributed by atoms with Crippen LogP contribution in [0.15, 0.2) is 53.7 Å². The van der Waals surface area contributed by atoms with Gasteiger partial charge >= 0.3 is 0 Å². The number of anilines is 1. The molecule has 9 heteroatoms. The van der Waals surface area contributed by atoms with E-state index in [1.807, 2.05) is 47.6 Å². The molecule has 1 aliphatic rings. The molecule has 1 N–H and O–H groups in total. The molecule has 1 saturated heterocycles. The third-order valence-electron chi connectivity index (χ3n) is 5.96. The number of amides is 2. The summed E-state index contributed by atoms with van der Waals surface area (Å²) in [5.41, 5.74) is 2.40. The zero-order valence-electron chi connectivity index (χ0n) is 19.7. The van der Waals surface area contributed by atoms with Gasteiger partial charge in [-0.15, -0.1) is 10.2 Å². The summed E-state index contributed by atoms with van der Waals surface area (Å²) in [4.78, 5) is 27.7. The van der Waals surface area contributed by atoms with Gasteiger partial charge in [-0.3, -0.25) is 9.59 Å². The number of carbonyl (C=O) groups is 2. The highest BCUT2D eigenvalue weighted by molar-refractivity contribution is 7.99. The number of ether oxygens (including phenoxy) is 1. The third-order valence-corrected chi connectivity index (χ3v) is 6.92. The summed E-state index contributed by atoms with van der Waals surface area (Å²) in [7, 11) is 1.60. The highest BCUT2D eigenvalue weighted by atomic mass is 32.2. The first-order valence-electron chi connectivity index (χ1n) is 11.4. The van der Waals surface area contributed by atoms with Crippen LogP contribution in [0.5, 0.6) is 5.75 Å². The molecule has 0 radical (unpaired) electrons. The predicted molar refractivity (Wildman–Crippen MR) is 132 cm³/mol. The molecule has 1 aromatic heterocycles. The second-order valence-electron chi connectivity index (χ2n) is 8.12. The number of carbonyl (C=O) groups excluding carboxylic acids is 2. The number of hydrogen-bond donors (Lipinski definition) is 1. The van der Waals surface area contributed by atoms with Crippen LogP contribution in [0, 0.1) is 6.92 Å². The van der Waals surface area contributed by atoms with Gasteiger partial charge in [-0.05, 0) is 62.6 Å². The van der Waals surface area contributed by atoms with E-state index in [0.717, 1.165) is 35.5 Å². The van der Waals surface area contributed by atoms with Crippen LogP contribution in [0.2, 0.25) is 0 Å². The van der Waals surface area contributed by atoms with Gasteiger partial charge < -0.3 is 19.5 Å². The monoisotopic (exact) mass is 479 g/mol. The molecule has 0 spiro atoms. The van der Waals surface area contributed by atoms with Crippen LogP contribution in [-0.2, 0) is 11.3 Å². The van der Waals surface area contributed by atoms with Gasteiger partial charge in [0.05, 0.1) is 18.9 Å². The van der Waals surface area contributed by atoms with Crippen molar-refractivity contribution in [3.05, 3.63) is 65.5 Å². The number of nitrogens with zero attached hydrogens (tertiary/aromatic N) is 4. The van der Waals surface area contributed by atoms with Gasteiger partial charge in [0, 0.05) is 24.3 Å². The van der Waals surface area contributed by atoms with Gasteiger partial charge in [-0.1, -0.05) is 30.0 Å². The van der Waals surface area contributed by atoms with Gasteiger partial charge in [-0.25, -0.2) is 0 Å². The van der Waals surface area contributed by atoms with Crippen LogP contribution in [0.3, 0.4) is 0 Å². The maximum atomic E-state index is 13.3. The predicted octanol–water partition coefficient (Wildman–Crippen LogP) is 4.32. The Balaban J connectivity index is 1.44. The quantitative estimate of drug-likeness (QED) is 0.484. The largest absolute Gasteiger partial charge is 0.497 e. The Hall–Kier alpha value is -3.33. The number of hydrogen-bond acceptors (Lipinski definition) is 6. The number of methoxy groups -OCH3 is 1. The fourth-order valence-electron chi connectivity index (χ4n) is 4.20. The zero-order valence-corrected chi connectivity index (χ0v) is 20.5. The molecule has 1 unspecified atom stereocenters. The first-order chi connectivity index (χ1) is 16.5. The minimum atomic E-state index is -0.125. The van der Waals surface area contributed by atoms with Crippen molar-refractivity contribution in [3.8, 4) is 5.75 Å². The van der Waals surface area contributed by atoms with E-state index >= 15 is 0 Å². The minimum absolute atomic E-state index is 0.0272. The van der Waals surface area contributed by atoms with Crippen LogP contribution in [0.4, 0.5) is 5.69 Å². The number of likely N-dealkylation sites (tertiary alicyclic amines) is 1. The highest BCUT2D eigenvalue weighted by Gasteiger charge is 2.35. The Kier molecular flexibility index (Phi) is 7.52. The van der Waals surface area contributed by atoms with Crippen LogP contribution in [0.25, 0.3) is 0 Å². The molecule has 0 saturated carbocycles. The average molecular weight is 480 g/mol. The molecule has 1 fully saturated rings. The molecule has 178 valence electrons. The fourth-order valence-corrected chi connectivity index (χ4v) is 5.01. The molecule has 8 nitrogen and oxygen atoms in total. The van der Waals surface area contributed by atoms with Crippen molar-refractivity contribution in [2.45, 2.75) is 44.4 Å². The second kappa shape index (κ2) is 10.7. The Bertz CT molecular complexity index is 1160. The smallest absolute Gasteiger partial charge is 0.254 e. The van der Waals surface area contributed by atoms with Crippen molar-refractivity contribution in [1.82, 2.24) is 19.7 Å². The van der Waals surface area contributed by atoms with E-state index in [1.165, 1.54) is 11.8 Å². The molecule has 0 aliphatic carbocycles. The van der Waals surface area contributed by atoms with E-state index in [-0.39, 0.29) is 23.6 Å². The summed E-state index contributed by atoms with van der Waals surface area (Å²) >= 11 is 1.34. The fraction of sp³-hybridized carbons (Fsp3) is 0.360. The summed E-state index contributed by atoms with van der Waals surface area (Å²) in [5.74, 6) is 1.62. The molecular weight excluding hydrogens is 450 g/mol. The molecular formula is C25H29N5O3S. The molecule has 1 atom stereocenters. The minimum Gasteiger partial charge on any atom is -0.497 e. The van der Waals surface area contributed by atoms with Gasteiger partial charge in [-0.2, -0.15) is 0 Å². The number of rotatable bonds is 8. The lowest BCUT2D eigenvalue weighted by Gasteiger charge is -2.25. The Morgan fingerprint density at radius 2 is 1.91 bits per heavy atom. The number of aromatic nitrogens is 3. The van der Waals surface area contributed by atoms with Gasteiger partial charge in [0.2, 0.25) is 5.91 Å². The topological polar surface area (TPSA) is 89.3 Å². The van der Waals surface area contributed by atoms with Crippen LogP contribution < -0.4 is 10.1 Å². The van der Waals surface area contributed by atoms with Gasteiger partial charge in [0.15, 0.2) is 11.0 Å². The number of aryl methyl sites for hydroxylation is 1. The summed E-state index contributed by atoms with van der Waals surface area (Å²) in [6.45, 7) is 5.34. The first-order valence-corrected chi connectivity index (χ1v) is 12.4. The van der Waals surface area contributed by atoms with Crippen molar-refractivity contribution in [2.24, 2.45) is 0 Å². The molecule has 34 heavy (non-hydrogen) atoms. The summed E-state index contributed by atoms with van der Waals surface area (Å²) in [6.07, 6.45) is 1.77. The number of thioether (sulfide) groups is 1. The van der Waals surface area contributed by atoms with Crippen LogP contribution in [-0.4, -0.2) is 50.9 Å². The zero-order chi connectivity index (χ0) is 24.1. The van der Waals surface area contributed by atoms with E-state index in [4.69, 9.17) is 4.74 Å². The Labute approximate surface area is 203 Å². The third kappa shape index (κ3) is 5.09. The van der Waals surface area contributed by atoms with Crippen molar-refractivity contribution < 1.29 is 14.3 Å². The molecule has 2 heterocycles. The van der Waals surface area contributed by atoms with Crippen molar-refractivity contribution in [3.63, 3.8) is 0 Å². The first kappa shape index (κ1) is 23.8. The van der Waals surface area contributed by atoms with E-state index in [9.17, 15) is 9.59 Å². The second-order valence-corrected chi connectivity index (χ2v) is 9.06. The lowest BCUT2D eigenvalue weighted by atomic mass is 10.1. The Morgan fingerprint density at radius 1 is 1.15 bits per heavy atom. The van der Waals surface area contributed by atoms with E-state index in [1.54, 1.807) is 31.4 Å². The summed E-state index contributed by atoms with van der Waals surface area (Å²) < 4.78 is 7.16. The molecule has 2 aromatic carbocycles. The molecule has 4 rings (SSSR count). The average Bonchev–Trinajstić information content (AvgIpc) is 3.49. The van der Waals surface area contributed by atoms with Crippen LogP contribution >= 0.6 is 11.8 Å². The summed E-state index contributed by atoms with van der Waals surface area (Å²) in [5, 5.41) is 12.4. The normalized spacial score (nSPS) is 15.4. The van der Waals surface area contributed by atoms with Crippen molar-refractivity contribution >= 4 is 29.3 Å². The summed E-state index contributed by atoms with van der Waals surface area (Å²) in [6, 6.07) is 14.7. The molecule has 1 aliphatic heterocycles. The maximum absolute atomic E-state index is 13.3. The maximum Gasteiger partial charge on any atom is 0.254 e. The lowest BCUT2D eigenvalue weighted by molar-refractivity contribution is -0.113. The van der Waals surface area contributed by atoms with Crippen molar-refractivity contribution in [2.75, 3.05) is 24.7 Å². The number of benzene rings is 2. The number of nitrogens with one attached hydrogen (secondary N) is 1. The molecule has 2 amide bonds. The van der Waals surface area contributed by atoms with Crippen LogP contribution in [0.1, 0.15) is 47.6 Å². The van der Waals surface area contributed by atoms with E-state index in [0.29, 0.717) is 23.9 Å². The van der Waals surface area contributed by atoms with E-state index in [2.05, 4.69) is 15.5 Å².